The van der Waals surface area contributed by atoms with E-state index in [1.165, 1.54) is 5.56 Å². The molecule has 3 atom stereocenters. The molecule has 0 spiro atoms. The van der Waals surface area contributed by atoms with Crippen LogP contribution in [0.3, 0.4) is 0 Å². The SMILES string of the molecule is NC1CSCC1c1nc(C2Cc3ccccc3O2)no1. The molecule has 2 N–H and O–H groups in total. The molecule has 2 aromatic rings. The van der Waals surface area contributed by atoms with Crippen molar-refractivity contribution in [1.82, 2.24) is 10.1 Å². The number of ether oxygens (including phenoxy) is 1. The first-order valence-electron chi connectivity index (χ1n) is 6.72. The summed E-state index contributed by atoms with van der Waals surface area (Å²) in [7, 11) is 0. The van der Waals surface area contributed by atoms with Gasteiger partial charge in [0, 0.05) is 24.0 Å². The van der Waals surface area contributed by atoms with Crippen molar-refractivity contribution in [1.29, 1.82) is 0 Å². The minimum atomic E-state index is -0.143. The molecule has 5 nitrogen and oxygen atoms in total. The Balaban J connectivity index is 1.55. The first-order valence-corrected chi connectivity index (χ1v) is 7.88. The lowest BCUT2D eigenvalue weighted by Crippen LogP contribution is -2.26. The van der Waals surface area contributed by atoms with Gasteiger partial charge in [0.15, 0.2) is 6.10 Å². The Labute approximate surface area is 120 Å². The molecule has 20 heavy (non-hydrogen) atoms. The van der Waals surface area contributed by atoms with Gasteiger partial charge in [-0.25, -0.2) is 0 Å². The Morgan fingerprint density at radius 1 is 1.25 bits per heavy atom. The fourth-order valence-electron chi connectivity index (χ4n) is 2.68. The number of aromatic nitrogens is 2. The molecule has 1 aromatic heterocycles. The van der Waals surface area contributed by atoms with Crippen molar-refractivity contribution >= 4 is 11.8 Å². The summed E-state index contributed by atoms with van der Waals surface area (Å²) < 4.78 is 11.3. The van der Waals surface area contributed by atoms with Crippen LogP contribution in [0.4, 0.5) is 0 Å². The van der Waals surface area contributed by atoms with E-state index in [0.29, 0.717) is 11.7 Å². The van der Waals surface area contributed by atoms with E-state index in [9.17, 15) is 0 Å². The van der Waals surface area contributed by atoms with Crippen LogP contribution in [-0.2, 0) is 6.42 Å². The zero-order valence-electron chi connectivity index (χ0n) is 10.9. The molecule has 6 heteroatoms. The number of para-hydroxylation sites is 1. The number of fused-ring (bicyclic) bond motifs is 1. The third-order valence-corrected chi connectivity index (χ3v) is 5.05. The first-order chi connectivity index (χ1) is 9.81. The predicted octanol–water partition coefficient (Wildman–Crippen LogP) is 1.90. The Morgan fingerprint density at radius 3 is 2.95 bits per heavy atom. The average molecular weight is 289 g/mol. The monoisotopic (exact) mass is 289 g/mol. The van der Waals surface area contributed by atoms with Crippen molar-refractivity contribution in [2.45, 2.75) is 24.5 Å². The van der Waals surface area contributed by atoms with Crippen molar-refractivity contribution in [3.63, 3.8) is 0 Å². The maximum absolute atomic E-state index is 6.06. The van der Waals surface area contributed by atoms with E-state index in [1.54, 1.807) is 0 Å². The van der Waals surface area contributed by atoms with E-state index in [0.717, 1.165) is 23.7 Å². The van der Waals surface area contributed by atoms with E-state index >= 15 is 0 Å². The van der Waals surface area contributed by atoms with Gasteiger partial charge in [0.1, 0.15) is 5.75 Å². The lowest BCUT2D eigenvalue weighted by molar-refractivity contribution is 0.220. The predicted molar refractivity (Wildman–Crippen MR) is 75.9 cm³/mol. The second-order valence-electron chi connectivity index (χ2n) is 5.22. The van der Waals surface area contributed by atoms with Gasteiger partial charge in [-0.3, -0.25) is 0 Å². The van der Waals surface area contributed by atoms with Crippen molar-refractivity contribution < 1.29 is 9.26 Å². The van der Waals surface area contributed by atoms with E-state index < -0.39 is 0 Å². The van der Waals surface area contributed by atoms with Crippen molar-refractivity contribution in [3.05, 3.63) is 41.5 Å². The van der Waals surface area contributed by atoms with Crippen LogP contribution in [0.1, 0.15) is 29.3 Å². The Bertz CT molecular complexity index is 605. The Morgan fingerprint density at radius 2 is 2.15 bits per heavy atom. The summed E-state index contributed by atoms with van der Waals surface area (Å²) in [6.45, 7) is 0. The average Bonchev–Trinajstić information content (AvgIpc) is 3.15. The third-order valence-electron chi connectivity index (χ3n) is 3.83. The molecule has 0 amide bonds. The summed E-state index contributed by atoms with van der Waals surface area (Å²) in [5.74, 6) is 4.27. The molecule has 1 saturated heterocycles. The van der Waals surface area contributed by atoms with E-state index in [4.69, 9.17) is 15.0 Å². The van der Waals surface area contributed by atoms with E-state index in [-0.39, 0.29) is 18.1 Å². The molecule has 2 aliphatic rings. The first kappa shape index (κ1) is 12.2. The summed E-state index contributed by atoms with van der Waals surface area (Å²) in [5, 5.41) is 4.08. The number of rotatable bonds is 2. The zero-order chi connectivity index (χ0) is 13.5. The molecular weight excluding hydrogens is 274 g/mol. The summed E-state index contributed by atoms with van der Waals surface area (Å²) in [4.78, 5) is 4.51. The minimum Gasteiger partial charge on any atom is -0.482 e. The zero-order valence-corrected chi connectivity index (χ0v) is 11.7. The van der Waals surface area contributed by atoms with Crippen LogP contribution in [0, 0.1) is 0 Å². The topological polar surface area (TPSA) is 74.2 Å². The highest BCUT2D eigenvalue weighted by Crippen LogP contribution is 2.36. The highest BCUT2D eigenvalue weighted by Gasteiger charge is 2.33. The maximum Gasteiger partial charge on any atom is 0.232 e. The van der Waals surface area contributed by atoms with Gasteiger partial charge in [-0.15, -0.1) is 0 Å². The largest absolute Gasteiger partial charge is 0.482 e. The molecule has 3 unspecified atom stereocenters. The molecule has 1 fully saturated rings. The fourth-order valence-corrected chi connectivity index (χ4v) is 3.96. The quantitative estimate of drug-likeness (QED) is 0.910. The summed E-state index contributed by atoms with van der Waals surface area (Å²) in [5.41, 5.74) is 7.25. The molecule has 4 rings (SSSR count). The van der Waals surface area contributed by atoms with Gasteiger partial charge in [0.25, 0.3) is 0 Å². The number of thioether (sulfide) groups is 1. The van der Waals surface area contributed by atoms with Gasteiger partial charge in [-0.2, -0.15) is 16.7 Å². The molecule has 2 aliphatic heterocycles. The van der Waals surface area contributed by atoms with Crippen LogP contribution < -0.4 is 10.5 Å². The van der Waals surface area contributed by atoms with Crippen LogP contribution in [0.15, 0.2) is 28.8 Å². The van der Waals surface area contributed by atoms with Gasteiger partial charge in [0.2, 0.25) is 11.7 Å². The molecule has 0 bridgehead atoms. The number of benzene rings is 1. The number of hydrogen-bond acceptors (Lipinski definition) is 6. The molecule has 0 radical (unpaired) electrons. The second-order valence-corrected chi connectivity index (χ2v) is 6.29. The summed E-state index contributed by atoms with van der Waals surface area (Å²) in [6, 6.07) is 8.13. The smallest absolute Gasteiger partial charge is 0.232 e. The lowest BCUT2D eigenvalue weighted by Gasteiger charge is -2.08. The number of hydrogen-bond donors (Lipinski definition) is 1. The summed E-state index contributed by atoms with van der Waals surface area (Å²) in [6.07, 6.45) is 0.649. The molecule has 104 valence electrons. The highest BCUT2D eigenvalue weighted by molar-refractivity contribution is 7.99. The molecular formula is C14H15N3O2S. The van der Waals surface area contributed by atoms with Crippen LogP contribution in [0.2, 0.25) is 0 Å². The van der Waals surface area contributed by atoms with Gasteiger partial charge in [-0.05, 0) is 11.6 Å². The van der Waals surface area contributed by atoms with Crippen molar-refractivity contribution in [2.75, 3.05) is 11.5 Å². The number of nitrogens with zero attached hydrogens (tertiary/aromatic N) is 2. The molecule has 0 saturated carbocycles. The Kier molecular flexibility index (Phi) is 2.93. The molecule has 0 aliphatic carbocycles. The second kappa shape index (κ2) is 4.79. The number of nitrogens with two attached hydrogens (primary N) is 1. The van der Waals surface area contributed by atoms with Crippen LogP contribution >= 0.6 is 11.8 Å². The summed E-state index contributed by atoms with van der Waals surface area (Å²) >= 11 is 1.83. The third kappa shape index (κ3) is 1.99. The lowest BCUT2D eigenvalue weighted by atomic mass is 10.1. The standard InChI is InChI=1S/C14H15N3O2S/c15-10-7-20-6-9(10)14-16-13(17-19-14)12-5-8-3-1-2-4-11(8)18-12/h1-4,9-10,12H,5-7,15H2. The highest BCUT2D eigenvalue weighted by atomic mass is 32.2. The normalized spacial score (nSPS) is 28.4. The van der Waals surface area contributed by atoms with Crippen LogP contribution in [0.25, 0.3) is 0 Å². The van der Waals surface area contributed by atoms with Gasteiger partial charge in [0.05, 0.1) is 5.92 Å². The molecule has 3 heterocycles. The van der Waals surface area contributed by atoms with E-state index in [2.05, 4.69) is 16.2 Å². The molecule has 1 aromatic carbocycles. The van der Waals surface area contributed by atoms with Crippen LogP contribution in [0.5, 0.6) is 5.75 Å². The van der Waals surface area contributed by atoms with Gasteiger partial charge >= 0.3 is 0 Å². The maximum atomic E-state index is 6.06. The van der Waals surface area contributed by atoms with Gasteiger partial charge < -0.3 is 15.0 Å². The van der Waals surface area contributed by atoms with Gasteiger partial charge in [-0.1, -0.05) is 23.4 Å². The van der Waals surface area contributed by atoms with Crippen molar-refractivity contribution in [3.8, 4) is 5.75 Å². The Hall–Kier alpha value is -1.53. The minimum absolute atomic E-state index is 0.106. The fraction of sp³-hybridized carbons (Fsp3) is 0.429. The van der Waals surface area contributed by atoms with E-state index in [1.807, 2.05) is 30.0 Å². The van der Waals surface area contributed by atoms with Crippen molar-refractivity contribution in [2.24, 2.45) is 5.73 Å². The van der Waals surface area contributed by atoms with Crippen LogP contribution in [-0.4, -0.2) is 27.7 Å².